The lowest BCUT2D eigenvalue weighted by molar-refractivity contribution is 0.114. The molecule has 0 radical (unpaired) electrons. The van der Waals surface area contributed by atoms with Gasteiger partial charge < -0.3 is 24.5 Å². The number of carbonyl (C=O) groups is 1. The number of anilines is 2. The minimum Gasteiger partial charge on any atom is -0.465 e. The molecule has 1 N–H and O–H groups in total. The Balaban J connectivity index is 1.24. The average molecular weight is 579 g/mol. The van der Waals surface area contributed by atoms with Gasteiger partial charge in [-0.3, -0.25) is 4.90 Å². The number of rotatable bonds is 6. The van der Waals surface area contributed by atoms with Crippen LogP contribution in [-0.2, 0) is 13.0 Å². The van der Waals surface area contributed by atoms with Crippen molar-refractivity contribution in [3.8, 4) is 6.01 Å². The van der Waals surface area contributed by atoms with E-state index < -0.39 is 12.5 Å². The highest BCUT2D eigenvalue weighted by Crippen LogP contribution is 2.39. The molecule has 11 heteroatoms. The van der Waals surface area contributed by atoms with Gasteiger partial charge in [-0.1, -0.05) is 24.3 Å². The van der Waals surface area contributed by atoms with Crippen LogP contribution in [0.4, 0.5) is 25.1 Å². The molecule has 222 valence electrons. The Labute approximate surface area is 243 Å². The number of likely N-dealkylation sites (tertiary alicyclic amines) is 1. The third-order valence-corrected chi connectivity index (χ3v) is 9.56. The zero-order valence-electron chi connectivity index (χ0n) is 23.8. The van der Waals surface area contributed by atoms with Crippen molar-refractivity contribution in [2.75, 3.05) is 49.6 Å². The predicted molar refractivity (Wildman–Crippen MR) is 156 cm³/mol. The molecular weight excluding hydrogens is 542 g/mol. The van der Waals surface area contributed by atoms with Crippen molar-refractivity contribution >= 4 is 28.4 Å². The maximum absolute atomic E-state index is 13.9. The first kappa shape index (κ1) is 27.1. The molecule has 3 fully saturated rings. The van der Waals surface area contributed by atoms with Gasteiger partial charge in [-0.15, -0.1) is 0 Å². The SMILES string of the molecule is CN1CCC[C@H]1COc1nc2c(c(N3C[C@H]4CC[C@@H](C3)N4C(=O)O)n1)CCN(c1cc(C(F)F)cc3ccccc13)C2. The Kier molecular flexibility index (Phi) is 7.00. The standard InChI is InChI=1S/C31H36F2N6O3/c1-36-11-4-6-23(36)18-42-30-34-26-17-37(27-14-20(28(32)33)13-19-5-2-3-7-24(19)27)12-10-25(26)29(35-30)38-15-21-8-9-22(16-38)39(21)31(40)41/h2-3,5,7,13-14,21-23,28H,4,6,8-12,15-18H2,1H3,(H,40,41)/t21-,22+,23-/m0/s1. The van der Waals surface area contributed by atoms with E-state index in [1.165, 1.54) is 0 Å². The Morgan fingerprint density at radius 2 is 1.86 bits per heavy atom. The van der Waals surface area contributed by atoms with Crippen molar-refractivity contribution in [1.29, 1.82) is 0 Å². The van der Waals surface area contributed by atoms with Crippen molar-refractivity contribution in [3.63, 3.8) is 0 Å². The van der Waals surface area contributed by atoms with Crippen LogP contribution >= 0.6 is 0 Å². The number of ether oxygens (including phenoxy) is 1. The third-order valence-electron chi connectivity index (χ3n) is 9.56. The lowest BCUT2D eigenvalue weighted by atomic mass is 10.00. The van der Waals surface area contributed by atoms with Crippen molar-refractivity contribution in [3.05, 3.63) is 53.2 Å². The van der Waals surface area contributed by atoms with Crippen LogP contribution in [0.3, 0.4) is 0 Å². The molecule has 0 saturated carbocycles. The molecule has 0 unspecified atom stereocenters. The second-order valence-corrected chi connectivity index (χ2v) is 12.1. The molecule has 3 saturated heterocycles. The van der Waals surface area contributed by atoms with E-state index in [4.69, 9.17) is 14.7 Å². The van der Waals surface area contributed by atoms with Gasteiger partial charge in [-0.25, -0.2) is 13.6 Å². The van der Waals surface area contributed by atoms with Gasteiger partial charge in [0.1, 0.15) is 12.4 Å². The summed E-state index contributed by atoms with van der Waals surface area (Å²) < 4.78 is 34.0. The summed E-state index contributed by atoms with van der Waals surface area (Å²) in [5.41, 5.74) is 2.65. The van der Waals surface area contributed by atoms with Crippen molar-refractivity contribution in [1.82, 2.24) is 19.8 Å². The zero-order chi connectivity index (χ0) is 29.0. The molecule has 3 atom stereocenters. The van der Waals surface area contributed by atoms with Crippen LogP contribution in [0, 0.1) is 0 Å². The van der Waals surface area contributed by atoms with E-state index in [1.807, 2.05) is 24.3 Å². The minimum absolute atomic E-state index is 0.00866. The highest BCUT2D eigenvalue weighted by Gasteiger charge is 2.44. The van der Waals surface area contributed by atoms with Crippen LogP contribution in [0.15, 0.2) is 36.4 Å². The average Bonchev–Trinajstić information content (AvgIpc) is 3.53. The Hall–Kier alpha value is -3.73. The summed E-state index contributed by atoms with van der Waals surface area (Å²) in [5, 5.41) is 11.5. The number of halogens is 2. The van der Waals surface area contributed by atoms with E-state index >= 15 is 0 Å². The number of alkyl halides is 2. The van der Waals surface area contributed by atoms with E-state index in [1.54, 1.807) is 17.0 Å². The number of likely N-dealkylation sites (N-methyl/N-ethyl adjacent to an activating group) is 1. The molecule has 7 rings (SSSR count). The lowest BCUT2D eigenvalue weighted by Crippen LogP contribution is -2.56. The molecule has 9 nitrogen and oxygen atoms in total. The van der Waals surface area contributed by atoms with Gasteiger partial charge in [0.25, 0.3) is 6.43 Å². The molecule has 4 aliphatic heterocycles. The topological polar surface area (TPSA) is 85.3 Å². The van der Waals surface area contributed by atoms with Crippen LogP contribution in [0.2, 0.25) is 0 Å². The summed E-state index contributed by atoms with van der Waals surface area (Å²) in [6.45, 7) is 3.79. The number of nitrogens with zero attached hydrogens (tertiary/aromatic N) is 6. The van der Waals surface area contributed by atoms with Gasteiger partial charge in [-0.05, 0) is 63.2 Å². The van der Waals surface area contributed by atoms with Crippen molar-refractivity contribution < 1.29 is 23.4 Å². The largest absolute Gasteiger partial charge is 0.465 e. The van der Waals surface area contributed by atoms with Crippen LogP contribution in [0.5, 0.6) is 6.01 Å². The third kappa shape index (κ3) is 4.87. The second kappa shape index (κ2) is 10.8. The Morgan fingerprint density at radius 3 is 2.57 bits per heavy atom. The number of hydrogen-bond acceptors (Lipinski definition) is 7. The van der Waals surface area contributed by atoms with E-state index in [-0.39, 0.29) is 17.6 Å². The number of aromatic nitrogens is 2. The summed E-state index contributed by atoms with van der Waals surface area (Å²) >= 11 is 0. The van der Waals surface area contributed by atoms with Crippen LogP contribution < -0.4 is 14.5 Å². The normalized spacial score (nSPS) is 24.1. The van der Waals surface area contributed by atoms with Gasteiger partial charge in [-0.2, -0.15) is 9.97 Å². The molecule has 0 aliphatic carbocycles. The van der Waals surface area contributed by atoms with E-state index in [9.17, 15) is 18.7 Å². The van der Waals surface area contributed by atoms with Gasteiger partial charge in [0, 0.05) is 47.9 Å². The fourth-order valence-corrected chi connectivity index (χ4v) is 7.37. The fraction of sp³-hybridized carbons (Fsp3) is 0.516. The predicted octanol–water partition coefficient (Wildman–Crippen LogP) is 4.93. The number of piperazine rings is 1. The van der Waals surface area contributed by atoms with Crippen LogP contribution in [-0.4, -0.2) is 88.9 Å². The van der Waals surface area contributed by atoms with Crippen molar-refractivity contribution in [2.45, 2.75) is 63.2 Å². The van der Waals surface area contributed by atoms with E-state index in [0.717, 1.165) is 65.8 Å². The number of hydrogen-bond donors (Lipinski definition) is 1. The molecule has 1 aromatic heterocycles. The molecular formula is C31H36F2N6O3. The quantitative estimate of drug-likeness (QED) is 0.441. The first-order valence-electron chi connectivity index (χ1n) is 14.9. The number of benzene rings is 2. The Bertz CT molecular complexity index is 1490. The number of fused-ring (bicyclic) bond motifs is 4. The van der Waals surface area contributed by atoms with Gasteiger partial charge in [0.2, 0.25) is 0 Å². The van der Waals surface area contributed by atoms with Gasteiger partial charge in [0.05, 0.1) is 24.3 Å². The first-order valence-corrected chi connectivity index (χ1v) is 14.9. The van der Waals surface area contributed by atoms with Gasteiger partial charge >= 0.3 is 12.1 Å². The second-order valence-electron chi connectivity index (χ2n) is 12.1. The molecule has 0 spiro atoms. The molecule has 3 aromatic rings. The van der Waals surface area contributed by atoms with Crippen LogP contribution in [0.25, 0.3) is 10.8 Å². The minimum atomic E-state index is -2.56. The summed E-state index contributed by atoms with van der Waals surface area (Å²) in [6, 6.07) is 11.3. The molecule has 42 heavy (non-hydrogen) atoms. The number of carboxylic acid groups (broad SMARTS) is 1. The highest BCUT2D eigenvalue weighted by molar-refractivity contribution is 5.95. The summed E-state index contributed by atoms with van der Waals surface area (Å²) in [4.78, 5) is 30.0. The van der Waals surface area contributed by atoms with Crippen LogP contribution in [0.1, 0.15) is 48.9 Å². The summed E-state index contributed by atoms with van der Waals surface area (Å²) in [6.07, 6.45) is 1.13. The maximum Gasteiger partial charge on any atom is 0.407 e. The highest BCUT2D eigenvalue weighted by atomic mass is 19.3. The van der Waals surface area contributed by atoms with E-state index in [2.05, 4.69) is 21.7 Å². The first-order chi connectivity index (χ1) is 20.4. The lowest BCUT2D eigenvalue weighted by Gasteiger charge is -2.41. The molecule has 1 amide bonds. The smallest absolute Gasteiger partial charge is 0.407 e. The van der Waals surface area contributed by atoms with Gasteiger partial charge in [0.15, 0.2) is 0 Å². The van der Waals surface area contributed by atoms with E-state index in [0.29, 0.717) is 51.3 Å². The Morgan fingerprint density at radius 1 is 1.07 bits per heavy atom. The maximum atomic E-state index is 13.9. The zero-order valence-corrected chi connectivity index (χ0v) is 23.8. The molecule has 2 aromatic carbocycles. The fourth-order valence-electron chi connectivity index (χ4n) is 7.37. The summed E-state index contributed by atoms with van der Waals surface area (Å²) in [7, 11) is 2.10. The summed E-state index contributed by atoms with van der Waals surface area (Å²) in [5.74, 6) is 0.822. The van der Waals surface area contributed by atoms with Crippen molar-refractivity contribution in [2.24, 2.45) is 0 Å². The molecule has 5 heterocycles. The molecule has 4 aliphatic rings. The number of amides is 1. The monoisotopic (exact) mass is 578 g/mol. The molecule has 2 bridgehead atoms.